The van der Waals surface area contributed by atoms with E-state index in [1.807, 2.05) is 5.48 Å². The van der Waals surface area contributed by atoms with Gasteiger partial charge in [-0.3, -0.25) is 0 Å². The van der Waals surface area contributed by atoms with Crippen molar-refractivity contribution in [2.75, 3.05) is 5.48 Å². The van der Waals surface area contributed by atoms with E-state index < -0.39 is 0 Å². The van der Waals surface area contributed by atoms with E-state index in [0.29, 0.717) is 0 Å². The average molecular weight is 196 g/mol. The van der Waals surface area contributed by atoms with Crippen molar-refractivity contribution in [3.05, 3.63) is 16.6 Å². The number of aromatic nitrogens is 2. The zero-order valence-electron chi connectivity index (χ0n) is 5.08. The number of anilines is 1. The first-order chi connectivity index (χ1) is 5.25. The second-order valence-electron chi connectivity index (χ2n) is 1.52. The quantitative estimate of drug-likeness (QED) is 0.427. The van der Waals surface area contributed by atoms with E-state index in [4.69, 9.17) is 28.5 Å². The monoisotopic (exact) mass is 195 g/mol. The Balaban J connectivity index is 3.00. The molecular weight excluding hydrogens is 193 g/mol. The van der Waals surface area contributed by atoms with Crippen LogP contribution in [0.5, 0.6) is 0 Å². The molecule has 0 aliphatic heterocycles. The van der Waals surface area contributed by atoms with Gasteiger partial charge in [-0.25, -0.2) is 20.7 Å². The zero-order valence-corrected chi connectivity index (χ0v) is 6.60. The van der Waals surface area contributed by atoms with E-state index in [9.17, 15) is 0 Å². The van der Waals surface area contributed by atoms with Gasteiger partial charge in [-0.15, -0.1) is 4.99 Å². The summed E-state index contributed by atoms with van der Waals surface area (Å²) in [6.07, 6.45) is 1.19. The Labute approximate surface area is 71.8 Å². The van der Waals surface area contributed by atoms with Crippen LogP contribution in [0.25, 0.3) is 0 Å². The summed E-state index contributed by atoms with van der Waals surface area (Å²) in [7, 11) is 0. The fourth-order valence-corrected chi connectivity index (χ4v) is 0.866. The lowest BCUT2D eigenvalue weighted by atomic mass is 10.6. The van der Waals surface area contributed by atoms with E-state index in [1.54, 1.807) is 0 Å². The van der Waals surface area contributed by atoms with Crippen molar-refractivity contribution < 1.29 is 10.2 Å². The van der Waals surface area contributed by atoms with Gasteiger partial charge in [-0.1, -0.05) is 23.2 Å². The van der Waals surface area contributed by atoms with Crippen LogP contribution in [0.1, 0.15) is 0 Å². The predicted octanol–water partition coefficient (Wildman–Crippen LogP) is 1.60. The molecule has 0 bridgehead atoms. The molecule has 1 heterocycles. The summed E-state index contributed by atoms with van der Waals surface area (Å²) in [5.74, 6) is 0. The number of rotatable bonds is 2. The molecule has 0 aliphatic carbocycles. The van der Waals surface area contributed by atoms with Crippen LogP contribution < -0.4 is 5.48 Å². The second-order valence-corrected chi connectivity index (χ2v) is 2.24. The van der Waals surface area contributed by atoms with Gasteiger partial charge in [-0.05, 0) is 0 Å². The summed E-state index contributed by atoms with van der Waals surface area (Å²) in [5.41, 5.74) is 2.13. The molecular formula is C4H3Cl2N3O2. The lowest BCUT2D eigenvalue weighted by molar-refractivity contribution is -0.215. The molecule has 1 rings (SSSR count). The Morgan fingerprint density at radius 2 is 1.91 bits per heavy atom. The fourth-order valence-electron chi connectivity index (χ4n) is 0.474. The number of halogens is 2. The Morgan fingerprint density at radius 1 is 1.36 bits per heavy atom. The summed E-state index contributed by atoms with van der Waals surface area (Å²) in [6.45, 7) is 0. The van der Waals surface area contributed by atoms with E-state index in [-0.39, 0.29) is 16.0 Å². The summed E-state index contributed by atoms with van der Waals surface area (Å²) < 4.78 is 0. The molecule has 0 amide bonds. The minimum atomic E-state index is 0.0686. The van der Waals surface area contributed by atoms with Crippen molar-refractivity contribution in [1.82, 2.24) is 9.97 Å². The normalized spacial score (nSPS) is 9.73. The van der Waals surface area contributed by atoms with Crippen molar-refractivity contribution in [2.24, 2.45) is 0 Å². The molecule has 60 valence electrons. The highest BCUT2D eigenvalue weighted by atomic mass is 35.5. The van der Waals surface area contributed by atoms with Gasteiger partial charge >= 0.3 is 0 Å². The molecule has 0 radical (unpaired) electrons. The van der Waals surface area contributed by atoms with Crippen LogP contribution in [-0.4, -0.2) is 15.2 Å². The summed E-state index contributed by atoms with van der Waals surface area (Å²) in [5, 5.41) is 8.12. The first kappa shape index (κ1) is 8.48. The van der Waals surface area contributed by atoms with Crippen LogP contribution in [-0.2, 0) is 4.99 Å². The lowest BCUT2D eigenvalue weighted by Gasteiger charge is -2.02. The first-order valence-corrected chi connectivity index (χ1v) is 3.23. The molecule has 11 heavy (non-hydrogen) atoms. The maximum Gasteiger partial charge on any atom is 0.159 e. The number of hydrogen-bond donors (Lipinski definition) is 2. The lowest BCUT2D eigenvalue weighted by Crippen LogP contribution is -1.99. The molecule has 1 aromatic heterocycles. The molecule has 0 aromatic carbocycles. The van der Waals surface area contributed by atoms with Crippen molar-refractivity contribution in [1.29, 1.82) is 0 Å². The van der Waals surface area contributed by atoms with Crippen molar-refractivity contribution in [3.8, 4) is 0 Å². The van der Waals surface area contributed by atoms with E-state index >= 15 is 0 Å². The van der Waals surface area contributed by atoms with E-state index in [2.05, 4.69) is 15.0 Å². The maximum absolute atomic E-state index is 7.98. The van der Waals surface area contributed by atoms with Crippen molar-refractivity contribution >= 4 is 28.9 Å². The Hall–Kier alpha value is -0.620. The van der Waals surface area contributed by atoms with E-state index in [0.717, 1.165) is 0 Å². The van der Waals surface area contributed by atoms with Gasteiger partial charge in [0.2, 0.25) is 0 Å². The molecule has 0 saturated heterocycles. The zero-order chi connectivity index (χ0) is 8.27. The maximum atomic E-state index is 7.98. The van der Waals surface area contributed by atoms with Gasteiger partial charge < -0.3 is 0 Å². The van der Waals surface area contributed by atoms with Crippen LogP contribution >= 0.6 is 23.2 Å². The molecule has 0 saturated carbocycles. The summed E-state index contributed by atoms with van der Waals surface area (Å²) in [4.78, 5) is 10.7. The highest BCUT2D eigenvalue weighted by Gasteiger charge is 2.06. The Bertz CT molecular complexity index is 237. The van der Waals surface area contributed by atoms with Gasteiger partial charge in [0, 0.05) is 0 Å². The molecule has 2 N–H and O–H groups in total. The minimum absolute atomic E-state index is 0.0686. The Kier molecular flexibility index (Phi) is 2.84. The highest BCUT2D eigenvalue weighted by Crippen LogP contribution is 2.24. The highest BCUT2D eigenvalue weighted by molar-refractivity contribution is 6.37. The van der Waals surface area contributed by atoms with Crippen LogP contribution in [0.3, 0.4) is 0 Å². The van der Waals surface area contributed by atoms with Gasteiger partial charge in [-0.2, -0.15) is 0 Å². The predicted molar refractivity (Wildman–Crippen MR) is 39.4 cm³/mol. The molecule has 1 aromatic rings. The SMILES string of the molecule is OONc1c(Cl)ncnc1Cl. The molecule has 5 nitrogen and oxygen atoms in total. The molecule has 7 heteroatoms. The van der Waals surface area contributed by atoms with Gasteiger partial charge in [0.15, 0.2) is 10.3 Å². The molecule has 0 atom stereocenters. The van der Waals surface area contributed by atoms with E-state index in [1.165, 1.54) is 6.33 Å². The Morgan fingerprint density at radius 3 is 2.36 bits per heavy atom. The third-order valence-electron chi connectivity index (χ3n) is 0.902. The average Bonchev–Trinajstić information content (AvgIpc) is 1.97. The van der Waals surface area contributed by atoms with Gasteiger partial charge in [0.05, 0.1) is 0 Å². The topological polar surface area (TPSA) is 67.3 Å². The van der Waals surface area contributed by atoms with Crippen LogP contribution in [0.2, 0.25) is 10.3 Å². The van der Waals surface area contributed by atoms with Crippen LogP contribution in [0.15, 0.2) is 6.33 Å². The molecule has 0 spiro atoms. The number of nitrogens with one attached hydrogen (secondary N) is 1. The minimum Gasteiger partial charge on any atom is -0.229 e. The number of hydrogen-bond acceptors (Lipinski definition) is 5. The van der Waals surface area contributed by atoms with Crippen molar-refractivity contribution in [2.45, 2.75) is 0 Å². The molecule has 0 unspecified atom stereocenters. The summed E-state index contributed by atoms with van der Waals surface area (Å²) >= 11 is 11.0. The third kappa shape index (κ3) is 1.90. The van der Waals surface area contributed by atoms with Crippen LogP contribution in [0, 0.1) is 0 Å². The van der Waals surface area contributed by atoms with Gasteiger partial charge in [0.25, 0.3) is 0 Å². The summed E-state index contributed by atoms with van der Waals surface area (Å²) in [6, 6.07) is 0. The number of nitrogens with zero attached hydrogens (tertiary/aromatic N) is 2. The van der Waals surface area contributed by atoms with Crippen molar-refractivity contribution in [3.63, 3.8) is 0 Å². The molecule has 0 fully saturated rings. The molecule has 0 aliphatic rings. The fraction of sp³-hybridized carbons (Fsp3) is 0. The smallest absolute Gasteiger partial charge is 0.159 e. The second kappa shape index (κ2) is 3.68. The third-order valence-corrected chi connectivity index (χ3v) is 1.48. The van der Waals surface area contributed by atoms with Gasteiger partial charge in [0.1, 0.15) is 12.0 Å². The standard InChI is InChI=1S/C4H3Cl2N3O2/c5-3-2(9-11-10)4(6)8-1-7-3/h1,9-10H. The van der Waals surface area contributed by atoms with Crippen LogP contribution in [0.4, 0.5) is 5.69 Å². The largest absolute Gasteiger partial charge is 0.229 e. The first-order valence-electron chi connectivity index (χ1n) is 2.48.